The average molecular weight is 808 g/mol. The maximum Gasteiger partial charge on any atom is 0.410 e. The van der Waals surface area contributed by atoms with Gasteiger partial charge in [0.15, 0.2) is 0 Å². The van der Waals surface area contributed by atoms with Gasteiger partial charge in [-0.3, -0.25) is 28.8 Å². The minimum Gasteiger partial charge on any atom is -0.444 e. The molecule has 0 radical (unpaired) electrons. The molecule has 2 aliphatic heterocycles. The Balaban J connectivity index is 1.50. The van der Waals surface area contributed by atoms with E-state index in [-0.39, 0.29) is 30.3 Å². The number of rotatable bonds is 19. The highest BCUT2D eigenvalue weighted by Gasteiger charge is 2.46. The number of unbranched alkanes of at least 4 members (excludes halogenated alkanes) is 7. The summed E-state index contributed by atoms with van der Waals surface area (Å²) in [6.07, 6.45) is 12.2. The molecule has 2 aromatic rings. The smallest absolute Gasteiger partial charge is 0.410 e. The predicted molar refractivity (Wildman–Crippen MR) is 222 cm³/mol. The Hall–Kier alpha value is -4.53. The van der Waals surface area contributed by atoms with Crippen LogP contribution in [0.2, 0.25) is 0 Å². The van der Waals surface area contributed by atoms with Gasteiger partial charge in [-0.05, 0) is 77.8 Å². The van der Waals surface area contributed by atoms with Gasteiger partial charge in [-0.15, -0.1) is 5.10 Å². The van der Waals surface area contributed by atoms with Crippen molar-refractivity contribution >= 4 is 29.7 Å². The quantitative estimate of drug-likeness (QED) is 0.166. The van der Waals surface area contributed by atoms with Crippen molar-refractivity contribution in [3.8, 4) is 0 Å². The SMILES string of the molecule is CC(C)CC(=O)N1CC[C@H]2CC[C@@H](C(=O)N[C@@H](c3ccccc3)c3cn(CCCCCCCCCCN)nn3)N2C(=O)[C@@H](NC(=O)[C@H](C)N(C)C(=O)OC(C)(C)C)C1. The van der Waals surface area contributed by atoms with Gasteiger partial charge >= 0.3 is 6.09 Å². The molecule has 0 unspecified atom stereocenters. The fraction of sp³-hybridized carbons (Fsp3) is 0.698. The summed E-state index contributed by atoms with van der Waals surface area (Å²) < 4.78 is 7.29. The van der Waals surface area contributed by atoms with E-state index in [1.54, 1.807) is 37.5 Å². The summed E-state index contributed by atoms with van der Waals surface area (Å²) in [6, 6.07) is 5.71. The van der Waals surface area contributed by atoms with Crippen LogP contribution in [0.15, 0.2) is 36.5 Å². The molecule has 0 bridgehead atoms. The van der Waals surface area contributed by atoms with E-state index < -0.39 is 47.7 Å². The number of benzene rings is 1. The van der Waals surface area contributed by atoms with Crippen LogP contribution in [0.1, 0.15) is 136 Å². The molecule has 322 valence electrons. The second-order valence-electron chi connectivity index (χ2n) is 17.4. The highest BCUT2D eigenvalue weighted by Crippen LogP contribution is 2.31. The van der Waals surface area contributed by atoms with Gasteiger partial charge in [0.1, 0.15) is 29.4 Å². The topological polar surface area (TPSA) is 185 Å². The summed E-state index contributed by atoms with van der Waals surface area (Å²) >= 11 is 0. The molecule has 2 aliphatic rings. The molecule has 15 heteroatoms. The molecule has 0 saturated carbocycles. The van der Waals surface area contributed by atoms with Crippen LogP contribution in [-0.4, -0.2) is 116 Å². The lowest BCUT2D eigenvalue weighted by atomic mass is 10.0. The predicted octanol–water partition coefficient (Wildman–Crippen LogP) is 4.94. The number of nitrogens with two attached hydrogens (primary N) is 1. The van der Waals surface area contributed by atoms with Crippen molar-refractivity contribution in [2.45, 2.75) is 161 Å². The summed E-state index contributed by atoms with van der Waals surface area (Å²) in [5.74, 6) is -1.35. The van der Waals surface area contributed by atoms with Crippen LogP contribution in [0, 0.1) is 5.92 Å². The van der Waals surface area contributed by atoms with Crippen molar-refractivity contribution in [3.05, 3.63) is 47.8 Å². The molecule has 5 amide bonds. The molecule has 0 aliphatic carbocycles. The van der Waals surface area contributed by atoms with E-state index in [0.717, 1.165) is 37.9 Å². The van der Waals surface area contributed by atoms with Crippen molar-refractivity contribution in [3.63, 3.8) is 0 Å². The zero-order valence-corrected chi connectivity index (χ0v) is 36.0. The number of amides is 5. The fourth-order valence-corrected chi connectivity index (χ4v) is 7.65. The third-order valence-electron chi connectivity index (χ3n) is 11.0. The lowest BCUT2D eigenvalue weighted by Crippen LogP contribution is -2.62. The molecular weight excluding hydrogens is 739 g/mol. The molecular formula is C43H69N9O6. The van der Waals surface area contributed by atoms with E-state index in [2.05, 4.69) is 20.9 Å². The van der Waals surface area contributed by atoms with E-state index in [9.17, 15) is 24.0 Å². The summed E-state index contributed by atoms with van der Waals surface area (Å²) in [7, 11) is 1.46. The first-order chi connectivity index (χ1) is 27.6. The number of fused-ring (bicyclic) bond motifs is 1. The number of nitrogens with zero attached hydrogens (tertiary/aromatic N) is 6. The molecule has 3 heterocycles. The minimum atomic E-state index is -1.14. The van der Waals surface area contributed by atoms with Gasteiger partial charge in [-0.1, -0.05) is 87.9 Å². The Bertz CT molecular complexity index is 1640. The van der Waals surface area contributed by atoms with Crippen molar-refractivity contribution in [1.82, 2.24) is 40.3 Å². The average Bonchev–Trinajstić information content (AvgIpc) is 3.82. The number of likely N-dealkylation sites (N-methyl/N-ethyl adjacent to an activating group) is 1. The number of aromatic nitrogens is 3. The van der Waals surface area contributed by atoms with E-state index in [4.69, 9.17) is 10.5 Å². The van der Waals surface area contributed by atoms with Crippen molar-refractivity contribution in [2.24, 2.45) is 11.7 Å². The standard InChI is InChI=1S/C43H69N9O6/c1-30(2)27-37(53)50-26-23-33-21-22-36(52(33)41(56)35(28-50)45-39(54)31(3)49(7)42(57)58-43(4,5)6)40(55)46-38(32-19-15-14-16-20-32)34-29-51(48-47-34)25-18-13-11-9-8-10-12-17-24-44/h14-16,19-20,29-31,33,35-36,38H,8-13,17-18,21-28,44H2,1-7H3,(H,45,54)(H,46,55)/t31-,33+,35-,36-,38-/m0/s1. The van der Waals surface area contributed by atoms with E-state index >= 15 is 0 Å². The number of aryl methyl sites for hydroxylation is 1. The summed E-state index contributed by atoms with van der Waals surface area (Å²) in [4.78, 5) is 73.4. The maximum absolute atomic E-state index is 14.6. The highest BCUT2D eigenvalue weighted by atomic mass is 16.6. The first kappa shape index (κ1) is 46.2. The van der Waals surface area contributed by atoms with Gasteiger partial charge < -0.3 is 30.9 Å². The Morgan fingerprint density at radius 1 is 0.948 bits per heavy atom. The first-order valence-electron chi connectivity index (χ1n) is 21.4. The van der Waals surface area contributed by atoms with E-state index in [0.29, 0.717) is 37.9 Å². The van der Waals surface area contributed by atoms with Crippen molar-refractivity contribution in [1.29, 1.82) is 0 Å². The van der Waals surface area contributed by atoms with Crippen LogP contribution in [0.5, 0.6) is 0 Å². The monoisotopic (exact) mass is 808 g/mol. The number of hydrogen-bond acceptors (Lipinski definition) is 9. The lowest BCUT2D eigenvalue weighted by Gasteiger charge is -2.39. The second-order valence-corrected chi connectivity index (χ2v) is 17.4. The highest BCUT2D eigenvalue weighted by molar-refractivity contribution is 5.95. The van der Waals surface area contributed by atoms with Crippen molar-refractivity contribution in [2.75, 3.05) is 26.7 Å². The summed E-state index contributed by atoms with van der Waals surface area (Å²) in [6.45, 7) is 12.5. The third-order valence-corrected chi connectivity index (χ3v) is 11.0. The minimum absolute atomic E-state index is 0.0545. The van der Waals surface area contributed by atoms with Crippen LogP contribution >= 0.6 is 0 Å². The zero-order valence-electron chi connectivity index (χ0n) is 36.0. The van der Waals surface area contributed by atoms with E-state index in [1.165, 1.54) is 44.1 Å². The maximum atomic E-state index is 14.6. The molecule has 1 aromatic heterocycles. The van der Waals surface area contributed by atoms with Gasteiger partial charge in [-0.2, -0.15) is 0 Å². The largest absolute Gasteiger partial charge is 0.444 e. The Labute approximate surface area is 345 Å². The Kier molecular flexibility index (Phi) is 17.5. The summed E-state index contributed by atoms with van der Waals surface area (Å²) in [5, 5.41) is 14.9. The Morgan fingerprint density at radius 2 is 1.60 bits per heavy atom. The molecule has 4 rings (SSSR count). The fourth-order valence-electron chi connectivity index (χ4n) is 7.65. The van der Waals surface area contributed by atoms with Crippen LogP contribution in [0.4, 0.5) is 4.79 Å². The molecule has 2 saturated heterocycles. The lowest BCUT2D eigenvalue weighted by molar-refractivity contribution is -0.147. The third kappa shape index (κ3) is 13.5. The molecule has 5 atom stereocenters. The van der Waals surface area contributed by atoms with Gasteiger partial charge in [0.25, 0.3) is 0 Å². The molecule has 15 nitrogen and oxygen atoms in total. The normalized spacial score (nSPS) is 19.5. The number of ether oxygens (including phenoxy) is 1. The molecule has 2 fully saturated rings. The van der Waals surface area contributed by atoms with Crippen LogP contribution in [0.3, 0.4) is 0 Å². The second kappa shape index (κ2) is 22.0. The van der Waals surface area contributed by atoms with E-state index in [1.807, 2.05) is 55.1 Å². The number of carbonyl (C=O) groups excluding carboxylic acids is 5. The zero-order chi connectivity index (χ0) is 42.4. The van der Waals surface area contributed by atoms with Gasteiger partial charge in [-0.25, -0.2) is 4.79 Å². The Morgan fingerprint density at radius 3 is 2.24 bits per heavy atom. The van der Waals surface area contributed by atoms with Gasteiger partial charge in [0, 0.05) is 39.1 Å². The number of nitrogens with one attached hydrogen (secondary N) is 2. The first-order valence-corrected chi connectivity index (χ1v) is 21.4. The molecule has 1 aromatic carbocycles. The summed E-state index contributed by atoms with van der Waals surface area (Å²) in [5.41, 5.74) is 6.26. The molecule has 58 heavy (non-hydrogen) atoms. The molecule has 0 spiro atoms. The van der Waals surface area contributed by atoms with Crippen LogP contribution in [0.25, 0.3) is 0 Å². The van der Waals surface area contributed by atoms with Crippen LogP contribution < -0.4 is 16.4 Å². The van der Waals surface area contributed by atoms with Gasteiger partial charge in [0.05, 0.1) is 12.2 Å². The number of hydrogen-bond donors (Lipinski definition) is 3. The molecule has 4 N–H and O–H groups in total. The van der Waals surface area contributed by atoms with Crippen molar-refractivity contribution < 1.29 is 28.7 Å². The van der Waals surface area contributed by atoms with Gasteiger partial charge in [0.2, 0.25) is 23.6 Å². The number of carbonyl (C=O) groups is 5. The van der Waals surface area contributed by atoms with Crippen LogP contribution in [-0.2, 0) is 30.5 Å².